The number of amides is 1. The number of furan rings is 1. The van der Waals surface area contributed by atoms with Gasteiger partial charge in [-0.25, -0.2) is 0 Å². The van der Waals surface area contributed by atoms with E-state index in [0.29, 0.717) is 10.6 Å². The number of benzene rings is 1. The molecule has 0 N–H and O–H groups in total. The average molecular weight is 292 g/mol. The Labute approximate surface area is 121 Å². The lowest BCUT2D eigenvalue weighted by Crippen LogP contribution is -2.58. The van der Waals surface area contributed by atoms with Crippen molar-refractivity contribution in [3.63, 3.8) is 0 Å². The lowest BCUT2D eigenvalue weighted by molar-refractivity contribution is -0.00152. The van der Waals surface area contributed by atoms with E-state index in [1.807, 2.05) is 24.3 Å². The Morgan fingerprint density at radius 2 is 2.10 bits per heavy atom. The first-order valence-electron chi connectivity index (χ1n) is 6.73. The van der Waals surface area contributed by atoms with Crippen LogP contribution in [0, 0.1) is 5.41 Å². The topological polar surface area (TPSA) is 42.7 Å². The Morgan fingerprint density at radius 3 is 2.80 bits per heavy atom. The van der Waals surface area contributed by atoms with E-state index in [4.69, 9.17) is 20.8 Å². The highest BCUT2D eigenvalue weighted by atomic mass is 35.5. The standard InChI is InChI=1S/C15H14ClNO3/c16-12-10-3-1-2-4-11(10)20-13(12)14(18)17-7-15(8-17)5-6-19-9-15/h1-4H,5-9H2. The van der Waals surface area contributed by atoms with E-state index in [-0.39, 0.29) is 17.1 Å². The molecule has 104 valence electrons. The molecule has 2 aliphatic heterocycles. The second-order valence-corrected chi connectivity index (χ2v) is 6.08. The molecule has 5 heteroatoms. The monoisotopic (exact) mass is 291 g/mol. The van der Waals surface area contributed by atoms with Crippen LogP contribution in [0.5, 0.6) is 0 Å². The van der Waals surface area contributed by atoms with E-state index in [2.05, 4.69) is 0 Å². The van der Waals surface area contributed by atoms with Crippen molar-refractivity contribution < 1.29 is 13.9 Å². The molecule has 3 heterocycles. The maximum atomic E-state index is 12.5. The highest BCUT2D eigenvalue weighted by molar-refractivity contribution is 6.38. The molecule has 4 nitrogen and oxygen atoms in total. The van der Waals surface area contributed by atoms with Crippen LogP contribution in [0.15, 0.2) is 28.7 Å². The third kappa shape index (κ3) is 1.68. The van der Waals surface area contributed by atoms with Crippen molar-refractivity contribution in [3.05, 3.63) is 35.0 Å². The first kappa shape index (κ1) is 12.2. The summed E-state index contributed by atoms with van der Waals surface area (Å²) in [6.45, 7) is 3.02. The molecule has 0 saturated carbocycles. The smallest absolute Gasteiger partial charge is 0.291 e. The van der Waals surface area contributed by atoms with Gasteiger partial charge >= 0.3 is 0 Å². The van der Waals surface area contributed by atoms with Crippen LogP contribution < -0.4 is 0 Å². The van der Waals surface area contributed by atoms with Gasteiger partial charge in [0, 0.05) is 30.5 Å². The Bertz CT molecular complexity index is 679. The minimum Gasteiger partial charge on any atom is -0.449 e. The average Bonchev–Trinajstić information content (AvgIpc) is 3.02. The molecule has 1 aromatic carbocycles. The van der Waals surface area contributed by atoms with Gasteiger partial charge in [-0.3, -0.25) is 4.79 Å². The van der Waals surface area contributed by atoms with Gasteiger partial charge in [-0.05, 0) is 18.6 Å². The lowest BCUT2D eigenvalue weighted by atomic mass is 9.79. The van der Waals surface area contributed by atoms with Crippen LogP contribution in [0.2, 0.25) is 5.02 Å². The van der Waals surface area contributed by atoms with Crippen LogP contribution in [0.4, 0.5) is 0 Å². The molecule has 2 aromatic rings. The fourth-order valence-corrected chi connectivity index (χ4v) is 3.38. The van der Waals surface area contributed by atoms with Crippen LogP contribution in [-0.2, 0) is 4.74 Å². The molecule has 1 amide bonds. The fourth-order valence-electron chi connectivity index (χ4n) is 3.10. The second kappa shape index (κ2) is 4.24. The maximum Gasteiger partial charge on any atom is 0.291 e. The Morgan fingerprint density at radius 1 is 1.30 bits per heavy atom. The molecule has 2 fully saturated rings. The van der Waals surface area contributed by atoms with Crippen molar-refractivity contribution >= 4 is 28.5 Å². The van der Waals surface area contributed by atoms with Gasteiger partial charge in [0.15, 0.2) is 0 Å². The SMILES string of the molecule is O=C(c1oc2ccccc2c1Cl)N1CC2(CCOC2)C1. The molecular weight excluding hydrogens is 278 g/mol. The molecule has 0 radical (unpaired) electrons. The number of rotatable bonds is 1. The van der Waals surface area contributed by atoms with E-state index < -0.39 is 0 Å². The number of hydrogen-bond acceptors (Lipinski definition) is 3. The van der Waals surface area contributed by atoms with Gasteiger partial charge in [0.1, 0.15) is 5.58 Å². The quantitative estimate of drug-likeness (QED) is 0.811. The molecule has 0 atom stereocenters. The van der Waals surface area contributed by atoms with Crippen molar-refractivity contribution in [2.75, 3.05) is 26.3 Å². The fraction of sp³-hybridized carbons (Fsp3) is 0.400. The molecule has 0 unspecified atom stereocenters. The Kier molecular flexibility index (Phi) is 2.59. The maximum absolute atomic E-state index is 12.5. The highest BCUT2D eigenvalue weighted by Gasteiger charge is 2.48. The number of carbonyl (C=O) groups excluding carboxylic acids is 1. The van der Waals surface area contributed by atoms with Gasteiger partial charge in [-0.2, -0.15) is 0 Å². The minimum atomic E-state index is -0.122. The number of para-hydroxylation sites is 1. The van der Waals surface area contributed by atoms with Gasteiger partial charge < -0.3 is 14.1 Å². The zero-order valence-electron chi connectivity index (χ0n) is 10.9. The number of carbonyl (C=O) groups is 1. The van der Waals surface area contributed by atoms with Gasteiger partial charge in [0.25, 0.3) is 5.91 Å². The number of likely N-dealkylation sites (tertiary alicyclic amines) is 1. The summed E-state index contributed by atoms with van der Waals surface area (Å²) in [5, 5.41) is 1.20. The largest absolute Gasteiger partial charge is 0.449 e. The summed E-state index contributed by atoms with van der Waals surface area (Å²) in [4.78, 5) is 14.3. The Balaban J connectivity index is 1.60. The van der Waals surface area contributed by atoms with Crippen LogP contribution in [0.25, 0.3) is 11.0 Å². The van der Waals surface area contributed by atoms with Crippen LogP contribution in [0.1, 0.15) is 17.0 Å². The molecule has 0 bridgehead atoms. The Hall–Kier alpha value is -1.52. The predicted molar refractivity (Wildman–Crippen MR) is 75.0 cm³/mol. The molecule has 2 saturated heterocycles. The van der Waals surface area contributed by atoms with E-state index in [1.54, 1.807) is 4.90 Å². The minimum absolute atomic E-state index is 0.122. The number of ether oxygens (including phenoxy) is 1. The molecule has 20 heavy (non-hydrogen) atoms. The summed E-state index contributed by atoms with van der Waals surface area (Å²) in [6.07, 6.45) is 1.03. The summed E-state index contributed by atoms with van der Waals surface area (Å²) in [5.74, 6) is 0.130. The van der Waals surface area contributed by atoms with Crippen molar-refractivity contribution in [2.45, 2.75) is 6.42 Å². The molecule has 1 spiro atoms. The van der Waals surface area contributed by atoms with Gasteiger partial charge in [0.05, 0.1) is 11.6 Å². The van der Waals surface area contributed by atoms with Crippen molar-refractivity contribution in [1.29, 1.82) is 0 Å². The highest BCUT2D eigenvalue weighted by Crippen LogP contribution is 2.40. The van der Waals surface area contributed by atoms with E-state index in [1.165, 1.54) is 0 Å². The van der Waals surface area contributed by atoms with Crippen molar-refractivity contribution in [3.8, 4) is 0 Å². The number of nitrogens with zero attached hydrogens (tertiary/aromatic N) is 1. The second-order valence-electron chi connectivity index (χ2n) is 5.71. The lowest BCUT2D eigenvalue weighted by Gasteiger charge is -2.46. The van der Waals surface area contributed by atoms with Crippen LogP contribution in [-0.4, -0.2) is 37.1 Å². The molecule has 0 aliphatic carbocycles. The molecule has 2 aliphatic rings. The first-order chi connectivity index (χ1) is 9.69. The van der Waals surface area contributed by atoms with Gasteiger partial charge in [-0.1, -0.05) is 23.7 Å². The van der Waals surface area contributed by atoms with E-state index in [9.17, 15) is 4.79 Å². The molecular formula is C15H14ClNO3. The van der Waals surface area contributed by atoms with E-state index in [0.717, 1.165) is 38.1 Å². The first-order valence-corrected chi connectivity index (χ1v) is 7.10. The van der Waals surface area contributed by atoms with Gasteiger partial charge in [0.2, 0.25) is 5.76 Å². The zero-order valence-corrected chi connectivity index (χ0v) is 11.7. The molecule has 1 aromatic heterocycles. The summed E-state index contributed by atoms with van der Waals surface area (Å²) >= 11 is 6.26. The zero-order chi connectivity index (χ0) is 13.7. The summed E-state index contributed by atoms with van der Waals surface area (Å²) < 4.78 is 11.0. The normalized spacial score (nSPS) is 20.6. The van der Waals surface area contributed by atoms with Crippen molar-refractivity contribution in [1.82, 2.24) is 4.90 Å². The predicted octanol–water partition coefficient (Wildman–Crippen LogP) is 2.95. The number of hydrogen-bond donors (Lipinski definition) is 0. The van der Waals surface area contributed by atoms with Crippen LogP contribution >= 0.6 is 11.6 Å². The summed E-state index contributed by atoms with van der Waals surface area (Å²) in [7, 11) is 0. The van der Waals surface area contributed by atoms with Gasteiger partial charge in [-0.15, -0.1) is 0 Å². The van der Waals surface area contributed by atoms with E-state index >= 15 is 0 Å². The number of halogens is 1. The summed E-state index contributed by atoms with van der Waals surface area (Å²) in [6, 6.07) is 7.43. The third-order valence-electron chi connectivity index (χ3n) is 4.25. The van der Waals surface area contributed by atoms with Crippen LogP contribution in [0.3, 0.4) is 0 Å². The third-order valence-corrected chi connectivity index (χ3v) is 4.63. The molecule has 4 rings (SSSR count). The van der Waals surface area contributed by atoms with Crippen molar-refractivity contribution in [2.24, 2.45) is 5.41 Å². The number of fused-ring (bicyclic) bond motifs is 1. The summed E-state index contributed by atoms with van der Waals surface area (Å²) in [5.41, 5.74) is 0.828.